The number of anilines is 3. The molecule has 0 atom stereocenters. The zero-order valence-corrected chi connectivity index (χ0v) is 20.3. The molecule has 6 nitrogen and oxygen atoms in total. The lowest BCUT2D eigenvalue weighted by Gasteiger charge is -2.19. The van der Waals surface area contributed by atoms with Crippen LogP contribution in [0, 0.1) is 13.8 Å². The predicted molar refractivity (Wildman–Crippen MR) is 136 cm³/mol. The summed E-state index contributed by atoms with van der Waals surface area (Å²) in [7, 11) is 0. The summed E-state index contributed by atoms with van der Waals surface area (Å²) in [6.07, 6.45) is -2.13. The van der Waals surface area contributed by atoms with Gasteiger partial charge in [-0.25, -0.2) is 4.79 Å². The summed E-state index contributed by atoms with van der Waals surface area (Å²) in [5, 5.41) is 21.6. The molecule has 0 fully saturated rings. The van der Waals surface area contributed by atoms with Gasteiger partial charge < -0.3 is 15.5 Å². The van der Waals surface area contributed by atoms with Crippen molar-refractivity contribution in [1.82, 2.24) is 0 Å². The minimum absolute atomic E-state index is 0.0888. The Morgan fingerprint density at radius 3 is 2.30 bits per heavy atom. The van der Waals surface area contributed by atoms with Crippen LogP contribution >= 0.6 is 11.6 Å². The number of benzene rings is 3. The van der Waals surface area contributed by atoms with Gasteiger partial charge in [0, 0.05) is 17.5 Å². The van der Waals surface area contributed by atoms with Crippen LogP contribution in [0.1, 0.15) is 27.8 Å². The molecule has 190 valence electrons. The van der Waals surface area contributed by atoms with Crippen LogP contribution in [0.2, 0.25) is 0 Å². The van der Waals surface area contributed by atoms with E-state index >= 15 is 0 Å². The van der Waals surface area contributed by atoms with E-state index < -0.39 is 28.6 Å². The number of aromatic hydroxyl groups is 1. The van der Waals surface area contributed by atoms with E-state index in [2.05, 4.69) is 5.32 Å². The van der Waals surface area contributed by atoms with Crippen LogP contribution in [0.15, 0.2) is 65.8 Å². The average Bonchev–Trinajstić information content (AvgIpc) is 3.07. The van der Waals surface area contributed by atoms with E-state index in [0.29, 0.717) is 11.3 Å². The number of carbonyl (C=O) groups is 2. The normalized spacial score (nSPS) is 14.8. The first-order chi connectivity index (χ1) is 17.3. The highest BCUT2D eigenvalue weighted by Crippen LogP contribution is 2.45. The van der Waals surface area contributed by atoms with E-state index in [1.54, 1.807) is 12.1 Å². The SMILES string of the molecule is Cc1cc(C)cc(N2C(=O)/C(=C\Nc3ccc(/C=C(\Cl)C(=O)O)cc3O)c3ccc(C(F)(F)F)cc32)c1. The number of phenolic OH excluding ortho intramolecular Hbond substituents is 1. The Hall–Kier alpha value is -4.24. The number of alkyl halides is 3. The number of carbonyl (C=O) groups excluding carboxylic acids is 1. The van der Waals surface area contributed by atoms with Gasteiger partial charge in [-0.05, 0) is 73.0 Å². The van der Waals surface area contributed by atoms with Crippen molar-refractivity contribution in [2.75, 3.05) is 10.2 Å². The number of aliphatic carboxylic acids is 1. The van der Waals surface area contributed by atoms with Crippen LogP contribution in [0.3, 0.4) is 0 Å². The summed E-state index contributed by atoms with van der Waals surface area (Å²) < 4.78 is 40.4. The fourth-order valence-corrected chi connectivity index (χ4v) is 4.19. The van der Waals surface area contributed by atoms with Crippen LogP contribution in [0.5, 0.6) is 5.75 Å². The lowest BCUT2D eigenvalue weighted by Crippen LogP contribution is -2.21. The summed E-state index contributed by atoms with van der Waals surface area (Å²) in [6, 6.07) is 12.6. The second kappa shape index (κ2) is 9.67. The Morgan fingerprint density at radius 1 is 1.03 bits per heavy atom. The van der Waals surface area contributed by atoms with E-state index in [4.69, 9.17) is 16.7 Å². The fourth-order valence-electron chi connectivity index (χ4n) is 4.06. The molecule has 0 saturated heterocycles. The number of carboxylic acids is 1. The smallest absolute Gasteiger partial charge is 0.416 e. The van der Waals surface area contributed by atoms with Crippen LogP contribution in [-0.2, 0) is 15.8 Å². The van der Waals surface area contributed by atoms with Crippen molar-refractivity contribution in [1.29, 1.82) is 0 Å². The summed E-state index contributed by atoms with van der Waals surface area (Å²) in [5.41, 5.74) is 2.21. The van der Waals surface area contributed by atoms with E-state index in [9.17, 15) is 27.9 Å². The number of hydrogen-bond acceptors (Lipinski definition) is 4. The third-order valence-corrected chi connectivity index (χ3v) is 5.92. The van der Waals surface area contributed by atoms with Crippen molar-refractivity contribution in [3.8, 4) is 5.75 Å². The monoisotopic (exact) mass is 528 g/mol. The first-order valence-electron chi connectivity index (χ1n) is 10.9. The van der Waals surface area contributed by atoms with E-state index in [-0.39, 0.29) is 28.3 Å². The summed E-state index contributed by atoms with van der Waals surface area (Å²) in [5.74, 6) is -2.13. The third kappa shape index (κ3) is 5.31. The molecule has 4 rings (SSSR count). The molecule has 1 amide bonds. The lowest BCUT2D eigenvalue weighted by atomic mass is 10.1. The molecule has 10 heteroatoms. The first-order valence-corrected chi connectivity index (χ1v) is 11.3. The number of hydrogen-bond donors (Lipinski definition) is 3. The topological polar surface area (TPSA) is 89.9 Å². The minimum Gasteiger partial charge on any atom is -0.506 e. The van der Waals surface area contributed by atoms with E-state index in [0.717, 1.165) is 29.3 Å². The molecule has 3 aromatic carbocycles. The highest BCUT2D eigenvalue weighted by Gasteiger charge is 2.38. The maximum Gasteiger partial charge on any atom is 0.416 e. The molecule has 0 aromatic heterocycles. The zero-order valence-electron chi connectivity index (χ0n) is 19.5. The molecule has 0 unspecified atom stereocenters. The Kier molecular flexibility index (Phi) is 6.75. The molecule has 37 heavy (non-hydrogen) atoms. The standard InChI is InChI=1S/C27H20ClF3N2O4/c1-14-7-15(2)9-18(8-14)33-23-12-17(27(29,30)31)4-5-19(23)20(25(33)35)13-32-22-6-3-16(11-24(22)34)10-21(28)26(36)37/h3-13,32,34H,1-2H3,(H,36,37)/b20-13-,21-10-. The molecule has 1 aliphatic heterocycles. The second-order valence-corrected chi connectivity index (χ2v) is 8.90. The average molecular weight is 529 g/mol. The van der Waals surface area contributed by atoms with Crippen molar-refractivity contribution >= 4 is 52.2 Å². The lowest BCUT2D eigenvalue weighted by molar-refractivity contribution is -0.137. The molecule has 0 spiro atoms. The molecular weight excluding hydrogens is 509 g/mol. The summed E-state index contributed by atoms with van der Waals surface area (Å²) in [6.45, 7) is 3.65. The van der Waals surface area contributed by atoms with Crippen LogP contribution in [0.4, 0.5) is 30.2 Å². The van der Waals surface area contributed by atoms with Crippen LogP contribution in [-0.4, -0.2) is 22.1 Å². The number of phenols is 1. The largest absolute Gasteiger partial charge is 0.506 e. The second-order valence-electron chi connectivity index (χ2n) is 8.49. The van der Waals surface area contributed by atoms with E-state index in [1.807, 2.05) is 19.9 Å². The third-order valence-electron chi connectivity index (χ3n) is 5.65. The van der Waals surface area contributed by atoms with Gasteiger partial charge in [-0.1, -0.05) is 29.8 Å². The van der Waals surface area contributed by atoms with Crippen LogP contribution in [0.25, 0.3) is 11.6 Å². The number of nitrogens with one attached hydrogen (secondary N) is 1. The van der Waals surface area contributed by atoms with Gasteiger partial charge in [0.1, 0.15) is 10.8 Å². The number of aryl methyl sites for hydroxylation is 2. The highest BCUT2D eigenvalue weighted by molar-refractivity contribution is 6.43. The fraction of sp³-hybridized carbons (Fsp3) is 0.111. The van der Waals surface area contributed by atoms with Crippen LogP contribution < -0.4 is 10.2 Å². The Bertz CT molecular complexity index is 1480. The van der Waals surface area contributed by atoms with Gasteiger partial charge in [0.15, 0.2) is 0 Å². The van der Waals surface area contributed by atoms with Crippen molar-refractivity contribution in [3.05, 3.63) is 93.6 Å². The molecule has 0 radical (unpaired) electrons. The molecular formula is C27H20ClF3N2O4. The summed E-state index contributed by atoms with van der Waals surface area (Å²) in [4.78, 5) is 25.6. The Morgan fingerprint density at radius 2 is 1.70 bits per heavy atom. The maximum atomic E-state index is 13.5. The Balaban J connectivity index is 1.75. The van der Waals surface area contributed by atoms with E-state index in [1.165, 1.54) is 35.4 Å². The number of rotatable bonds is 5. The first kappa shape index (κ1) is 25.8. The maximum absolute atomic E-state index is 13.5. The van der Waals surface area contributed by atoms with Crippen molar-refractivity contribution in [2.24, 2.45) is 0 Å². The predicted octanol–water partition coefficient (Wildman–Crippen LogP) is 6.82. The van der Waals surface area contributed by atoms with Gasteiger partial charge in [0.05, 0.1) is 22.5 Å². The van der Waals surface area contributed by atoms with Gasteiger partial charge in [-0.15, -0.1) is 0 Å². The minimum atomic E-state index is -4.59. The molecule has 0 aliphatic carbocycles. The number of fused-ring (bicyclic) bond motifs is 1. The molecule has 1 aliphatic rings. The van der Waals surface area contributed by atoms with Crippen molar-refractivity contribution < 1.29 is 33.0 Å². The quantitative estimate of drug-likeness (QED) is 0.250. The molecule has 3 aromatic rings. The van der Waals surface area contributed by atoms with Gasteiger partial charge in [-0.2, -0.15) is 13.2 Å². The van der Waals surface area contributed by atoms with Crippen molar-refractivity contribution in [2.45, 2.75) is 20.0 Å². The van der Waals surface area contributed by atoms with Gasteiger partial charge >= 0.3 is 12.1 Å². The van der Waals surface area contributed by atoms with Gasteiger partial charge in [0.25, 0.3) is 5.91 Å². The molecule has 3 N–H and O–H groups in total. The van der Waals surface area contributed by atoms with Gasteiger partial charge in [0.2, 0.25) is 0 Å². The number of carboxylic acid groups (broad SMARTS) is 1. The molecule has 1 heterocycles. The molecule has 0 saturated carbocycles. The highest BCUT2D eigenvalue weighted by atomic mass is 35.5. The summed E-state index contributed by atoms with van der Waals surface area (Å²) >= 11 is 5.62. The number of amides is 1. The number of halogens is 4. The van der Waals surface area contributed by atoms with Crippen molar-refractivity contribution in [3.63, 3.8) is 0 Å². The zero-order chi connectivity index (χ0) is 27.1. The molecule has 0 bridgehead atoms. The Labute approximate surface area is 214 Å². The van der Waals surface area contributed by atoms with Gasteiger partial charge in [-0.3, -0.25) is 9.69 Å². The number of nitrogens with zero attached hydrogens (tertiary/aromatic N) is 1.